The first kappa shape index (κ1) is 18.0. The van der Waals surface area contributed by atoms with Crippen LogP contribution in [0.5, 0.6) is 0 Å². The Morgan fingerprint density at radius 2 is 1.77 bits per heavy atom. The molecule has 136 valence electrons. The van der Waals surface area contributed by atoms with Crippen LogP contribution in [0.25, 0.3) is 0 Å². The van der Waals surface area contributed by atoms with Gasteiger partial charge in [-0.15, -0.1) is 0 Å². The van der Waals surface area contributed by atoms with Crippen LogP contribution < -0.4 is 0 Å². The molecular weight excluding hydrogens is 332 g/mol. The number of rotatable bonds is 4. The van der Waals surface area contributed by atoms with Gasteiger partial charge in [0.1, 0.15) is 5.41 Å². The molecule has 1 heterocycles. The van der Waals surface area contributed by atoms with E-state index in [0.29, 0.717) is 12.0 Å². The van der Waals surface area contributed by atoms with Crippen molar-refractivity contribution in [3.05, 3.63) is 47.5 Å². The highest BCUT2D eigenvalue weighted by Gasteiger charge is 2.55. The highest BCUT2D eigenvalue weighted by atomic mass is 16.2. The lowest BCUT2D eigenvalue weighted by Crippen LogP contribution is -2.64. The Morgan fingerprint density at radius 1 is 1.08 bits per heavy atom. The third-order valence-corrected chi connectivity index (χ3v) is 5.25. The zero-order valence-electron chi connectivity index (χ0n) is 15.0. The summed E-state index contributed by atoms with van der Waals surface area (Å²) in [6, 6.07) is 7.75. The maximum absolute atomic E-state index is 13.1. The number of benzene rings is 1. The SMILES string of the molecule is CN1C(=O)N(CC(=O)c2ccccc2)C(=O)[C@](C)(C2=CCCCC2)C1=O. The molecule has 0 unspecified atom stereocenters. The summed E-state index contributed by atoms with van der Waals surface area (Å²) in [6.45, 7) is 1.19. The molecule has 6 nitrogen and oxygen atoms in total. The lowest BCUT2D eigenvalue weighted by Gasteiger charge is -2.42. The van der Waals surface area contributed by atoms with Gasteiger partial charge in [-0.3, -0.25) is 24.2 Å². The number of Topliss-reactive ketones (excluding diaryl/α,β-unsaturated/α-hetero) is 1. The van der Waals surface area contributed by atoms with Crippen molar-refractivity contribution in [3.8, 4) is 0 Å². The first-order valence-electron chi connectivity index (χ1n) is 8.79. The maximum Gasteiger partial charge on any atom is 0.333 e. The van der Waals surface area contributed by atoms with Crippen LogP contribution in [0.3, 0.4) is 0 Å². The molecular formula is C20H22N2O4. The Bertz CT molecular complexity index is 799. The zero-order chi connectivity index (χ0) is 18.9. The van der Waals surface area contributed by atoms with E-state index >= 15 is 0 Å². The summed E-state index contributed by atoms with van der Waals surface area (Å²) in [6.07, 6.45) is 5.32. The highest BCUT2D eigenvalue weighted by molar-refractivity contribution is 6.21. The molecule has 26 heavy (non-hydrogen) atoms. The number of carbonyl (C=O) groups is 4. The van der Waals surface area contributed by atoms with Gasteiger partial charge < -0.3 is 0 Å². The van der Waals surface area contributed by atoms with Gasteiger partial charge in [-0.1, -0.05) is 36.4 Å². The van der Waals surface area contributed by atoms with Crippen LogP contribution in [-0.2, 0) is 9.59 Å². The van der Waals surface area contributed by atoms with E-state index in [1.807, 2.05) is 6.08 Å². The maximum atomic E-state index is 13.1. The van der Waals surface area contributed by atoms with Gasteiger partial charge >= 0.3 is 6.03 Å². The van der Waals surface area contributed by atoms with Crippen LogP contribution in [0.1, 0.15) is 43.0 Å². The average Bonchev–Trinajstić information content (AvgIpc) is 2.69. The van der Waals surface area contributed by atoms with Crippen molar-refractivity contribution < 1.29 is 19.2 Å². The van der Waals surface area contributed by atoms with Crippen LogP contribution >= 0.6 is 0 Å². The van der Waals surface area contributed by atoms with E-state index in [2.05, 4.69) is 0 Å². The quantitative estimate of drug-likeness (QED) is 0.473. The standard InChI is InChI=1S/C20H22N2O4/c1-20(15-11-7-4-8-12-15)17(24)21(2)19(26)22(18(20)25)13-16(23)14-9-5-3-6-10-14/h3,5-6,9-11H,4,7-8,12-13H2,1-2H3/t20-/m1/s1. The molecule has 0 radical (unpaired) electrons. The van der Waals surface area contributed by atoms with Gasteiger partial charge in [0.2, 0.25) is 5.91 Å². The van der Waals surface area contributed by atoms with E-state index in [-0.39, 0.29) is 12.3 Å². The topological polar surface area (TPSA) is 74.8 Å². The minimum atomic E-state index is -1.42. The first-order chi connectivity index (χ1) is 12.4. The predicted octanol–water partition coefficient (Wildman–Crippen LogP) is 2.80. The fourth-order valence-electron chi connectivity index (χ4n) is 3.62. The summed E-state index contributed by atoms with van der Waals surface area (Å²) in [5.74, 6) is -1.47. The molecule has 1 saturated heterocycles. The molecule has 0 bridgehead atoms. The molecule has 0 N–H and O–H groups in total. The normalized spacial score (nSPS) is 23.9. The van der Waals surface area contributed by atoms with Crippen molar-refractivity contribution in [2.45, 2.75) is 32.6 Å². The van der Waals surface area contributed by atoms with Gasteiger partial charge in [0.25, 0.3) is 5.91 Å². The largest absolute Gasteiger partial charge is 0.333 e. The molecule has 1 aromatic carbocycles. The van der Waals surface area contributed by atoms with Gasteiger partial charge in [-0.25, -0.2) is 4.79 Å². The van der Waals surface area contributed by atoms with Crippen LogP contribution in [-0.4, -0.2) is 47.0 Å². The Kier molecular flexibility index (Phi) is 4.76. The van der Waals surface area contributed by atoms with Gasteiger partial charge in [0, 0.05) is 12.6 Å². The fraction of sp³-hybridized carbons (Fsp3) is 0.400. The number of carbonyl (C=O) groups excluding carboxylic acids is 4. The number of hydrogen-bond donors (Lipinski definition) is 0. The summed E-state index contributed by atoms with van der Waals surface area (Å²) in [4.78, 5) is 52.8. The molecule has 1 aliphatic carbocycles. The van der Waals surface area contributed by atoms with Gasteiger partial charge in [0.15, 0.2) is 5.78 Å². The van der Waals surface area contributed by atoms with Crippen LogP contribution in [0.4, 0.5) is 4.79 Å². The summed E-state index contributed by atoms with van der Waals surface area (Å²) in [5.41, 5.74) is -0.249. The summed E-state index contributed by atoms with van der Waals surface area (Å²) in [7, 11) is 1.36. The molecule has 0 spiro atoms. The zero-order valence-corrected chi connectivity index (χ0v) is 15.0. The Balaban J connectivity index is 1.93. The third-order valence-electron chi connectivity index (χ3n) is 5.25. The number of imide groups is 2. The summed E-state index contributed by atoms with van der Waals surface area (Å²) in [5, 5.41) is 0. The van der Waals surface area contributed by atoms with E-state index in [1.54, 1.807) is 37.3 Å². The molecule has 1 fully saturated rings. The highest BCUT2D eigenvalue weighted by Crippen LogP contribution is 2.40. The second-order valence-electron chi connectivity index (χ2n) is 6.93. The van der Waals surface area contributed by atoms with Crippen LogP contribution in [0.2, 0.25) is 0 Å². The van der Waals surface area contributed by atoms with Crippen molar-refractivity contribution in [1.82, 2.24) is 9.80 Å². The number of urea groups is 1. The molecule has 4 amide bonds. The smallest absolute Gasteiger partial charge is 0.292 e. The molecule has 1 atom stereocenters. The minimum absolute atomic E-state index is 0.338. The first-order valence-corrected chi connectivity index (χ1v) is 8.79. The van der Waals surface area contributed by atoms with Gasteiger partial charge in [0.05, 0.1) is 6.54 Å². The van der Waals surface area contributed by atoms with Crippen molar-refractivity contribution in [1.29, 1.82) is 0 Å². The molecule has 0 aromatic heterocycles. The van der Waals surface area contributed by atoms with Crippen LogP contribution in [0.15, 0.2) is 42.0 Å². The van der Waals surface area contributed by atoms with Crippen molar-refractivity contribution in [3.63, 3.8) is 0 Å². The summed E-state index contributed by atoms with van der Waals surface area (Å²) < 4.78 is 0. The third kappa shape index (κ3) is 2.85. The van der Waals surface area contributed by atoms with Gasteiger partial charge in [-0.05, 0) is 38.2 Å². The van der Waals surface area contributed by atoms with E-state index in [0.717, 1.165) is 34.6 Å². The lowest BCUT2D eigenvalue weighted by atomic mass is 9.73. The Labute approximate surface area is 152 Å². The second kappa shape index (κ2) is 6.86. The lowest BCUT2D eigenvalue weighted by molar-refractivity contribution is -0.153. The summed E-state index contributed by atoms with van der Waals surface area (Å²) >= 11 is 0. The number of barbiturate groups is 1. The molecule has 2 aliphatic rings. The van der Waals surface area contributed by atoms with Crippen molar-refractivity contribution in [2.24, 2.45) is 5.41 Å². The number of ketones is 1. The van der Waals surface area contributed by atoms with Crippen molar-refractivity contribution >= 4 is 23.6 Å². The number of nitrogens with zero attached hydrogens (tertiary/aromatic N) is 2. The molecule has 6 heteroatoms. The predicted molar refractivity (Wildman–Crippen MR) is 95.3 cm³/mol. The molecule has 0 saturated carbocycles. The van der Waals surface area contributed by atoms with Gasteiger partial charge in [-0.2, -0.15) is 0 Å². The minimum Gasteiger partial charge on any atom is -0.292 e. The van der Waals surface area contributed by atoms with Crippen molar-refractivity contribution in [2.75, 3.05) is 13.6 Å². The average molecular weight is 354 g/mol. The Hall–Kier alpha value is -2.76. The molecule has 1 aliphatic heterocycles. The van der Waals surface area contributed by atoms with Crippen LogP contribution in [0, 0.1) is 5.41 Å². The number of amides is 4. The molecule has 1 aromatic rings. The molecule has 3 rings (SSSR count). The number of hydrogen-bond acceptors (Lipinski definition) is 4. The van der Waals surface area contributed by atoms with E-state index < -0.39 is 23.3 Å². The number of allylic oxidation sites excluding steroid dienone is 1. The fourth-order valence-corrected chi connectivity index (χ4v) is 3.62. The Morgan fingerprint density at radius 3 is 2.38 bits per heavy atom. The van der Waals surface area contributed by atoms with E-state index in [1.165, 1.54) is 7.05 Å². The van der Waals surface area contributed by atoms with E-state index in [9.17, 15) is 19.2 Å². The second-order valence-corrected chi connectivity index (χ2v) is 6.93. The monoisotopic (exact) mass is 354 g/mol. The van der Waals surface area contributed by atoms with E-state index in [4.69, 9.17) is 0 Å².